The number of rotatable bonds is 7. The van der Waals surface area contributed by atoms with E-state index in [9.17, 15) is 5.11 Å². The van der Waals surface area contributed by atoms with E-state index in [-0.39, 0.29) is 0 Å². The molecule has 3 heteroatoms. The SMILES string of the molecule is CCSC1CCC(NCC(O)c2ccc(C(C)C)cc2)C1. The van der Waals surface area contributed by atoms with Gasteiger partial charge in [0, 0.05) is 17.8 Å². The van der Waals surface area contributed by atoms with E-state index in [4.69, 9.17) is 0 Å². The number of aliphatic hydroxyl groups is 1. The first-order chi connectivity index (χ1) is 10.1. The number of benzene rings is 1. The molecule has 0 saturated heterocycles. The summed E-state index contributed by atoms with van der Waals surface area (Å²) in [4.78, 5) is 0. The standard InChI is InChI=1S/C18H29NOS/c1-4-21-17-10-9-16(11-17)19-12-18(20)15-7-5-14(6-8-15)13(2)3/h5-8,13,16-20H,4,9-12H2,1-3H3. The zero-order valence-corrected chi connectivity index (χ0v) is 14.3. The smallest absolute Gasteiger partial charge is 0.0914 e. The summed E-state index contributed by atoms with van der Waals surface area (Å²) in [5, 5.41) is 14.7. The van der Waals surface area contributed by atoms with Crippen LogP contribution in [0.4, 0.5) is 0 Å². The third-order valence-electron chi connectivity index (χ3n) is 4.37. The lowest BCUT2D eigenvalue weighted by Gasteiger charge is -2.17. The van der Waals surface area contributed by atoms with Gasteiger partial charge in [0.2, 0.25) is 0 Å². The highest BCUT2D eigenvalue weighted by Crippen LogP contribution is 2.30. The molecule has 3 unspecified atom stereocenters. The molecule has 118 valence electrons. The maximum Gasteiger partial charge on any atom is 0.0914 e. The van der Waals surface area contributed by atoms with Crippen molar-refractivity contribution in [2.45, 2.75) is 63.3 Å². The molecule has 0 aromatic heterocycles. The number of hydrogen-bond acceptors (Lipinski definition) is 3. The molecule has 21 heavy (non-hydrogen) atoms. The van der Waals surface area contributed by atoms with E-state index in [2.05, 4.69) is 62.1 Å². The fourth-order valence-electron chi connectivity index (χ4n) is 3.01. The summed E-state index contributed by atoms with van der Waals surface area (Å²) in [5.74, 6) is 1.75. The first-order valence-electron chi connectivity index (χ1n) is 8.23. The largest absolute Gasteiger partial charge is 0.387 e. The zero-order chi connectivity index (χ0) is 15.2. The summed E-state index contributed by atoms with van der Waals surface area (Å²) in [6.07, 6.45) is 3.41. The van der Waals surface area contributed by atoms with Crippen LogP contribution >= 0.6 is 11.8 Å². The van der Waals surface area contributed by atoms with Gasteiger partial charge in [-0.3, -0.25) is 0 Å². The first-order valence-corrected chi connectivity index (χ1v) is 9.28. The Bertz CT molecular complexity index is 418. The van der Waals surface area contributed by atoms with Crippen LogP contribution in [-0.4, -0.2) is 28.7 Å². The highest BCUT2D eigenvalue weighted by atomic mass is 32.2. The highest BCUT2D eigenvalue weighted by Gasteiger charge is 2.24. The van der Waals surface area contributed by atoms with Gasteiger partial charge in [-0.15, -0.1) is 0 Å². The van der Waals surface area contributed by atoms with Crippen LogP contribution < -0.4 is 5.32 Å². The van der Waals surface area contributed by atoms with Crippen molar-refractivity contribution in [3.8, 4) is 0 Å². The Hall–Kier alpha value is -0.510. The molecular formula is C18H29NOS. The van der Waals surface area contributed by atoms with E-state index in [1.165, 1.54) is 30.6 Å². The first kappa shape index (κ1) is 16.9. The molecular weight excluding hydrogens is 278 g/mol. The predicted molar refractivity (Wildman–Crippen MR) is 93.1 cm³/mol. The number of aliphatic hydroxyl groups excluding tert-OH is 1. The molecule has 1 aromatic rings. The Balaban J connectivity index is 1.78. The van der Waals surface area contributed by atoms with E-state index in [0.29, 0.717) is 18.5 Å². The second kappa shape index (κ2) is 8.21. The van der Waals surface area contributed by atoms with Crippen molar-refractivity contribution in [2.75, 3.05) is 12.3 Å². The topological polar surface area (TPSA) is 32.3 Å². The van der Waals surface area contributed by atoms with Gasteiger partial charge in [-0.2, -0.15) is 11.8 Å². The van der Waals surface area contributed by atoms with Crippen molar-refractivity contribution in [1.29, 1.82) is 0 Å². The quantitative estimate of drug-likeness (QED) is 0.795. The van der Waals surface area contributed by atoms with E-state index in [0.717, 1.165) is 10.8 Å². The van der Waals surface area contributed by atoms with Gasteiger partial charge in [0.1, 0.15) is 0 Å². The molecule has 1 aromatic carbocycles. The second-order valence-electron chi connectivity index (χ2n) is 6.33. The third kappa shape index (κ3) is 5.01. The van der Waals surface area contributed by atoms with Crippen LogP contribution in [0.1, 0.15) is 63.2 Å². The van der Waals surface area contributed by atoms with Crippen LogP contribution in [0.3, 0.4) is 0 Å². The molecule has 0 aliphatic heterocycles. The highest BCUT2D eigenvalue weighted by molar-refractivity contribution is 7.99. The Morgan fingerprint density at radius 3 is 2.48 bits per heavy atom. The normalized spacial score (nSPS) is 23.7. The summed E-state index contributed by atoms with van der Waals surface area (Å²) < 4.78 is 0. The molecule has 3 atom stereocenters. The summed E-state index contributed by atoms with van der Waals surface area (Å²) >= 11 is 2.08. The fraction of sp³-hybridized carbons (Fsp3) is 0.667. The summed E-state index contributed by atoms with van der Waals surface area (Å²) in [6.45, 7) is 7.28. The van der Waals surface area contributed by atoms with Crippen LogP contribution in [0.25, 0.3) is 0 Å². The molecule has 1 saturated carbocycles. The molecule has 0 bridgehead atoms. The molecule has 0 heterocycles. The third-order valence-corrected chi connectivity index (χ3v) is 5.61. The summed E-state index contributed by atoms with van der Waals surface area (Å²) in [5.41, 5.74) is 2.35. The van der Waals surface area contributed by atoms with E-state index < -0.39 is 6.10 Å². The summed E-state index contributed by atoms with van der Waals surface area (Å²) in [7, 11) is 0. The fourth-order valence-corrected chi connectivity index (χ4v) is 4.15. The Labute approximate surface area is 133 Å². The van der Waals surface area contributed by atoms with E-state index in [1.54, 1.807) is 0 Å². The minimum Gasteiger partial charge on any atom is -0.387 e. The van der Waals surface area contributed by atoms with Crippen LogP contribution in [0.15, 0.2) is 24.3 Å². The van der Waals surface area contributed by atoms with Gasteiger partial charge in [-0.25, -0.2) is 0 Å². The number of nitrogens with one attached hydrogen (secondary N) is 1. The average Bonchev–Trinajstić information content (AvgIpc) is 2.93. The van der Waals surface area contributed by atoms with Crippen LogP contribution in [0.5, 0.6) is 0 Å². The summed E-state index contributed by atoms with van der Waals surface area (Å²) in [6, 6.07) is 8.97. The molecule has 2 N–H and O–H groups in total. The monoisotopic (exact) mass is 307 g/mol. The molecule has 1 aliphatic rings. The lowest BCUT2D eigenvalue weighted by Crippen LogP contribution is -2.31. The Morgan fingerprint density at radius 2 is 1.86 bits per heavy atom. The Kier molecular flexibility index (Phi) is 6.59. The van der Waals surface area contributed by atoms with Gasteiger partial charge in [-0.1, -0.05) is 45.0 Å². The van der Waals surface area contributed by atoms with Crippen molar-refractivity contribution in [2.24, 2.45) is 0 Å². The van der Waals surface area contributed by atoms with Crippen molar-refractivity contribution >= 4 is 11.8 Å². The van der Waals surface area contributed by atoms with Gasteiger partial charge in [-0.05, 0) is 42.1 Å². The van der Waals surface area contributed by atoms with Crippen molar-refractivity contribution in [1.82, 2.24) is 5.32 Å². The number of thioether (sulfide) groups is 1. The van der Waals surface area contributed by atoms with Crippen molar-refractivity contribution in [3.63, 3.8) is 0 Å². The van der Waals surface area contributed by atoms with Gasteiger partial charge in [0.25, 0.3) is 0 Å². The van der Waals surface area contributed by atoms with Gasteiger partial charge >= 0.3 is 0 Å². The molecule has 0 amide bonds. The Morgan fingerprint density at radius 1 is 1.19 bits per heavy atom. The van der Waals surface area contributed by atoms with E-state index >= 15 is 0 Å². The predicted octanol–water partition coefficient (Wildman–Crippen LogP) is 4.11. The maximum absolute atomic E-state index is 10.3. The molecule has 2 rings (SSSR count). The van der Waals surface area contributed by atoms with Crippen LogP contribution in [0, 0.1) is 0 Å². The molecule has 2 nitrogen and oxygen atoms in total. The molecule has 1 aliphatic carbocycles. The molecule has 0 radical (unpaired) electrons. The van der Waals surface area contributed by atoms with Gasteiger partial charge in [0.15, 0.2) is 0 Å². The van der Waals surface area contributed by atoms with E-state index in [1.807, 2.05) is 0 Å². The van der Waals surface area contributed by atoms with Gasteiger partial charge < -0.3 is 10.4 Å². The second-order valence-corrected chi connectivity index (χ2v) is 7.91. The molecule has 0 spiro atoms. The minimum absolute atomic E-state index is 0.399. The molecule has 1 fully saturated rings. The van der Waals surface area contributed by atoms with Crippen molar-refractivity contribution < 1.29 is 5.11 Å². The average molecular weight is 308 g/mol. The van der Waals surface area contributed by atoms with Crippen LogP contribution in [0.2, 0.25) is 0 Å². The number of hydrogen-bond donors (Lipinski definition) is 2. The van der Waals surface area contributed by atoms with Gasteiger partial charge in [0.05, 0.1) is 6.10 Å². The maximum atomic E-state index is 10.3. The minimum atomic E-state index is -0.399. The lowest BCUT2D eigenvalue weighted by molar-refractivity contribution is 0.170. The van der Waals surface area contributed by atoms with Crippen LogP contribution in [-0.2, 0) is 0 Å². The lowest BCUT2D eigenvalue weighted by atomic mass is 10.00. The van der Waals surface area contributed by atoms with Crippen molar-refractivity contribution in [3.05, 3.63) is 35.4 Å². The zero-order valence-electron chi connectivity index (χ0n) is 13.5.